The van der Waals surface area contributed by atoms with Crippen molar-refractivity contribution in [2.45, 2.75) is 57.8 Å². The molecule has 0 unspecified atom stereocenters. The summed E-state index contributed by atoms with van der Waals surface area (Å²) in [6.45, 7) is 3.11. The zero-order valence-electron chi connectivity index (χ0n) is 14.0. The van der Waals surface area contributed by atoms with Gasteiger partial charge in [-0.15, -0.1) is 0 Å². The van der Waals surface area contributed by atoms with Crippen LogP contribution in [0.5, 0.6) is 5.75 Å². The van der Waals surface area contributed by atoms with Gasteiger partial charge in [0.1, 0.15) is 5.75 Å². The average molecular weight is 330 g/mol. The molecule has 1 aromatic carbocycles. The van der Waals surface area contributed by atoms with E-state index >= 15 is 0 Å². The predicted octanol–water partition coefficient (Wildman–Crippen LogP) is 2.32. The third kappa shape index (κ3) is 4.98. The van der Waals surface area contributed by atoms with E-state index in [2.05, 4.69) is 5.32 Å². The van der Waals surface area contributed by atoms with Crippen LogP contribution in [0.4, 0.5) is 0 Å². The summed E-state index contributed by atoms with van der Waals surface area (Å²) in [6.07, 6.45) is 2.49. The molecule has 24 heavy (non-hydrogen) atoms. The standard InChI is InChI=1S/C18H22N2O4/c1-12(17(21)20-15-5-3-4-6-15)24-18(22)13(2)23-16-9-7-14(11-19)8-10-16/h7-10,12-13,15H,3-6H2,1-2H3,(H,20,21)/t12-,13-/m0/s1. The Hall–Kier alpha value is -2.55. The number of carbonyl (C=O) groups is 2. The van der Waals surface area contributed by atoms with E-state index in [0.29, 0.717) is 11.3 Å². The maximum absolute atomic E-state index is 12.0. The highest BCUT2D eigenvalue weighted by atomic mass is 16.6. The molecule has 2 atom stereocenters. The van der Waals surface area contributed by atoms with E-state index in [-0.39, 0.29) is 11.9 Å². The minimum Gasteiger partial charge on any atom is -0.479 e. The van der Waals surface area contributed by atoms with Gasteiger partial charge in [0.25, 0.3) is 5.91 Å². The van der Waals surface area contributed by atoms with Crippen molar-refractivity contribution >= 4 is 11.9 Å². The molecule has 0 heterocycles. The third-order valence-electron chi connectivity index (χ3n) is 3.99. The smallest absolute Gasteiger partial charge is 0.347 e. The molecule has 2 rings (SSSR count). The highest BCUT2D eigenvalue weighted by molar-refractivity contribution is 5.84. The van der Waals surface area contributed by atoms with Crippen LogP contribution in [0.2, 0.25) is 0 Å². The van der Waals surface area contributed by atoms with E-state index in [1.807, 2.05) is 6.07 Å². The molecule has 1 aliphatic carbocycles. The third-order valence-corrected chi connectivity index (χ3v) is 3.99. The van der Waals surface area contributed by atoms with Gasteiger partial charge in [-0.05, 0) is 51.0 Å². The largest absolute Gasteiger partial charge is 0.479 e. The van der Waals surface area contributed by atoms with E-state index in [0.717, 1.165) is 25.7 Å². The number of esters is 1. The molecular formula is C18H22N2O4. The van der Waals surface area contributed by atoms with Gasteiger partial charge in [-0.1, -0.05) is 12.8 Å². The van der Waals surface area contributed by atoms with Gasteiger partial charge in [-0.2, -0.15) is 5.26 Å². The highest BCUT2D eigenvalue weighted by Gasteiger charge is 2.25. The molecule has 0 radical (unpaired) electrons. The van der Waals surface area contributed by atoms with Crippen LogP contribution >= 0.6 is 0 Å². The molecule has 0 saturated heterocycles. The molecular weight excluding hydrogens is 308 g/mol. The van der Waals surface area contributed by atoms with Crippen LogP contribution in [0.15, 0.2) is 24.3 Å². The molecule has 1 aromatic rings. The molecule has 1 amide bonds. The maximum Gasteiger partial charge on any atom is 0.347 e. The van der Waals surface area contributed by atoms with Gasteiger partial charge in [0.05, 0.1) is 11.6 Å². The fourth-order valence-corrected chi connectivity index (χ4v) is 2.57. The number of hydrogen-bond donors (Lipinski definition) is 1. The van der Waals surface area contributed by atoms with Crippen LogP contribution < -0.4 is 10.1 Å². The summed E-state index contributed by atoms with van der Waals surface area (Å²) in [6, 6.07) is 8.62. The minimum absolute atomic E-state index is 0.186. The van der Waals surface area contributed by atoms with Crippen molar-refractivity contribution in [3.05, 3.63) is 29.8 Å². The Labute approximate surface area is 141 Å². The van der Waals surface area contributed by atoms with E-state index in [1.165, 1.54) is 0 Å². The first-order chi connectivity index (χ1) is 11.5. The predicted molar refractivity (Wildman–Crippen MR) is 87.2 cm³/mol. The Morgan fingerprint density at radius 2 is 1.79 bits per heavy atom. The molecule has 1 aliphatic rings. The zero-order valence-corrected chi connectivity index (χ0v) is 14.0. The molecule has 1 N–H and O–H groups in total. The quantitative estimate of drug-likeness (QED) is 0.809. The second-order valence-electron chi connectivity index (χ2n) is 5.97. The number of ether oxygens (including phenoxy) is 2. The summed E-state index contributed by atoms with van der Waals surface area (Å²) in [5.74, 6) is -0.421. The van der Waals surface area contributed by atoms with Crippen LogP contribution in [0, 0.1) is 11.3 Å². The van der Waals surface area contributed by atoms with Gasteiger partial charge in [-0.25, -0.2) is 4.79 Å². The first-order valence-corrected chi connectivity index (χ1v) is 8.17. The van der Waals surface area contributed by atoms with Crippen LogP contribution in [-0.2, 0) is 14.3 Å². The number of amides is 1. The molecule has 0 bridgehead atoms. The molecule has 0 aromatic heterocycles. The first-order valence-electron chi connectivity index (χ1n) is 8.17. The van der Waals surface area contributed by atoms with Gasteiger partial charge >= 0.3 is 5.97 Å². The topological polar surface area (TPSA) is 88.4 Å². The summed E-state index contributed by atoms with van der Waals surface area (Å²) in [7, 11) is 0. The van der Waals surface area contributed by atoms with Gasteiger partial charge < -0.3 is 14.8 Å². The lowest BCUT2D eigenvalue weighted by molar-refractivity contribution is -0.161. The van der Waals surface area contributed by atoms with Gasteiger partial charge in [0, 0.05) is 6.04 Å². The number of carbonyl (C=O) groups excluding carboxylic acids is 2. The fourth-order valence-electron chi connectivity index (χ4n) is 2.57. The summed E-state index contributed by atoms with van der Waals surface area (Å²) in [4.78, 5) is 24.1. The summed E-state index contributed by atoms with van der Waals surface area (Å²) in [5.41, 5.74) is 0.509. The van der Waals surface area contributed by atoms with Crippen molar-refractivity contribution in [3.8, 4) is 11.8 Å². The molecule has 6 heteroatoms. The van der Waals surface area contributed by atoms with Crippen LogP contribution in [0.1, 0.15) is 45.1 Å². The molecule has 6 nitrogen and oxygen atoms in total. The number of rotatable bonds is 6. The maximum atomic E-state index is 12.0. The highest BCUT2D eigenvalue weighted by Crippen LogP contribution is 2.18. The average Bonchev–Trinajstić information content (AvgIpc) is 3.08. The van der Waals surface area contributed by atoms with Crippen molar-refractivity contribution in [2.24, 2.45) is 0 Å². The summed E-state index contributed by atoms with van der Waals surface area (Å²) in [5, 5.41) is 11.6. The molecule has 0 aliphatic heterocycles. The lowest BCUT2D eigenvalue weighted by Gasteiger charge is -2.19. The Balaban J connectivity index is 1.81. The second-order valence-corrected chi connectivity index (χ2v) is 5.97. The number of nitrogens with zero attached hydrogens (tertiary/aromatic N) is 1. The zero-order chi connectivity index (χ0) is 17.5. The van der Waals surface area contributed by atoms with Crippen molar-refractivity contribution < 1.29 is 19.1 Å². The lowest BCUT2D eigenvalue weighted by Crippen LogP contribution is -2.42. The number of benzene rings is 1. The lowest BCUT2D eigenvalue weighted by atomic mass is 10.2. The normalized spacial score (nSPS) is 16.7. The first kappa shape index (κ1) is 17.8. The molecule has 0 spiro atoms. The number of nitrogens with one attached hydrogen (secondary N) is 1. The summed E-state index contributed by atoms with van der Waals surface area (Å²) >= 11 is 0. The van der Waals surface area contributed by atoms with Gasteiger partial charge in [0.15, 0.2) is 12.2 Å². The second kappa shape index (κ2) is 8.34. The number of hydrogen-bond acceptors (Lipinski definition) is 5. The van der Waals surface area contributed by atoms with Crippen LogP contribution in [-0.4, -0.2) is 30.1 Å². The van der Waals surface area contributed by atoms with Gasteiger partial charge in [0.2, 0.25) is 0 Å². The monoisotopic (exact) mass is 330 g/mol. The Kier molecular flexibility index (Phi) is 6.19. The molecule has 128 valence electrons. The van der Waals surface area contributed by atoms with E-state index < -0.39 is 18.2 Å². The van der Waals surface area contributed by atoms with Crippen molar-refractivity contribution in [1.29, 1.82) is 5.26 Å². The van der Waals surface area contributed by atoms with Gasteiger partial charge in [-0.3, -0.25) is 4.79 Å². The van der Waals surface area contributed by atoms with E-state index in [1.54, 1.807) is 38.1 Å². The van der Waals surface area contributed by atoms with Crippen molar-refractivity contribution in [3.63, 3.8) is 0 Å². The van der Waals surface area contributed by atoms with E-state index in [9.17, 15) is 9.59 Å². The Morgan fingerprint density at radius 1 is 1.17 bits per heavy atom. The van der Waals surface area contributed by atoms with Crippen molar-refractivity contribution in [1.82, 2.24) is 5.32 Å². The SMILES string of the molecule is C[C@H](OC(=O)[C@H](C)Oc1ccc(C#N)cc1)C(=O)NC1CCCC1. The molecule has 1 saturated carbocycles. The summed E-state index contributed by atoms with van der Waals surface area (Å²) < 4.78 is 10.6. The number of nitriles is 1. The fraction of sp³-hybridized carbons (Fsp3) is 0.500. The minimum atomic E-state index is -0.856. The Morgan fingerprint density at radius 3 is 2.38 bits per heavy atom. The van der Waals surface area contributed by atoms with Crippen LogP contribution in [0.3, 0.4) is 0 Å². The molecule has 1 fully saturated rings. The van der Waals surface area contributed by atoms with E-state index in [4.69, 9.17) is 14.7 Å². The Bertz CT molecular complexity index is 615. The van der Waals surface area contributed by atoms with Crippen LogP contribution in [0.25, 0.3) is 0 Å². The van der Waals surface area contributed by atoms with Crippen molar-refractivity contribution in [2.75, 3.05) is 0 Å².